The number of anilines is 1. The summed E-state index contributed by atoms with van der Waals surface area (Å²) in [5, 5.41) is 2.62. The summed E-state index contributed by atoms with van der Waals surface area (Å²) in [5.41, 5.74) is 0.403. The summed E-state index contributed by atoms with van der Waals surface area (Å²) < 4.78 is 13.0. The van der Waals surface area contributed by atoms with E-state index in [9.17, 15) is 14.0 Å². The van der Waals surface area contributed by atoms with Crippen LogP contribution in [0.5, 0.6) is 0 Å². The predicted octanol–water partition coefficient (Wildman–Crippen LogP) is 1.69. The van der Waals surface area contributed by atoms with Crippen LogP contribution in [0.1, 0.15) is 6.92 Å². The molecule has 6 heteroatoms. The van der Waals surface area contributed by atoms with Crippen LogP contribution in [0.25, 0.3) is 0 Å². The van der Waals surface area contributed by atoms with Gasteiger partial charge in [-0.1, -0.05) is 6.07 Å². The van der Waals surface area contributed by atoms with Crippen molar-refractivity contribution >= 4 is 29.3 Å². The predicted molar refractivity (Wildman–Crippen MR) is 68.7 cm³/mol. The Balaban J connectivity index is 2.06. The molecule has 2 rings (SSSR count). The van der Waals surface area contributed by atoms with Crippen LogP contribution in [0.3, 0.4) is 0 Å². The van der Waals surface area contributed by atoms with Gasteiger partial charge in [0, 0.05) is 18.4 Å². The molecule has 0 saturated carbocycles. The number of hydrogen-bond donors (Lipinski definition) is 1. The Morgan fingerprint density at radius 2 is 2.28 bits per heavy atom. The van der Waals surface area contributed by atoms with Crippen LogP contribution in [0.4, 0.5) is 10.1 Å². The number of nitrogens with zero attached hydrogens (tertiary/aromatic N) is 1. The lowest BCUT2D eigenvalue weighted by molar-refractivity contribution is -0.134. The Morgan fingerprint density at radius 1 is 1.50 bits per heavy atom. The molecule has 1 unspecified atom stereocenters. The molecule has 0 spiro atoms. The van der Waals surface area contributed by atoms with E-state index in [-0.39, 0.29) is 11.8 Å². The molecule has 0 bridgehead atoms. The molecule has 18 heavy (non-hydrogen) atoms. The number of carbonyl (C=O) groups excluding carboxylic acids is 2. The molecule has 1 N–H and O–H groups in total. The molecule has 1 fully saturated rings. The number of rotatable bonds is 2. The summed E-state index contributed by atoms with van der Waals surface area (Å²) in [6.07, 6.45) is 0. The number of hydrogen-bond acceptors (Lipinski definition) is 3. The molecule has 0 aromatic heterocycles. The maximum absolute atomic E-state index is 13.0. The van der Waals surface area contributed by atoms with Crippen molar-refractivity contribution in [1.82, 2.24) is 4.90 Å². The fourth-order valence-corrected chi connectivity index (χ4v) is 2.98. The zero-order valence-electron chi connectivity index (χ0n) is 9.85. The second kappa shape index (κ2) is 5.39. The van der Waals surface area contributed by atoms with Crippen LogP contribution in [-0.4, -0.2) is 34.4 Å². The van der Waals surface area contributed by atoms with Crippen molar-refractivity contribution in [3.8, 4) is 0 Å². The van der Waals surface area contributed by atoms with Crippen molar-refractivity contribution < 1.29 is 14.0 Å². The van der Waals surface area contributed by atoms with Gasteiger partial charge in [-0.05, 0) is 18.2 Å². The van der Waals surface area contributed by atoms with Gasteiger partial charge in [-0.2, -0.15) is 0 Å². The highest BCUT2D eigenvalue weighted by molar-refractivity contribution is 7.99. The lowest BCUT2D eigenvalue weighted by Gasteiger charge is -2.21. The Morgan fingerprint density at radius 3 is 2.94 bits per heavy atom. The highest BCUT2D eigenvalue weighted by Gasteiger charge is 2.32. The van der Waals surface area contributed by atoms with E-state index in [1.54, 1.807) is 6.07 Å². The number of amides is 2. The van der Waals surface area contributed by atoms with Crippen molar-refractivity contribution in [2.45, 2.75) is 13.0 Å². The van der Waals surface area contributed by atoms with Gasteiger partial charge in [0.15, 0.2) is 0 Å². The van der Waals surface area contributed by atoms with Gasteiger partial charge in [0.25, 0.3) is 0 Å². The third-order valence-electron chi connectivity index (χ3n) is 2.68. The summed E-state index contributed by atoms with van der Waals surface area (Å²) in [6.45, 7) is 1.44. The van der Waals surface area contributed by atoms with E-state index < -0.39 is 11.9 Å². The maximum Gasteiger partial charge on any atom is 0.248 e. The molecular formula is C12H13FN2O2S. The number of benzene rings is 1. The SMILES string of the molecule is CC(=O)N1CSCC1C(=O)Nc1cccc(F)c1. The first-order valence-corrected chi connectivity index (χ1v) is 6.65. The fraction of sp³-hybridized carbons (Fsp3) is 0.333. The normalized spacial score (nSPS) is 18.8. The van der Waals surface area contributed by atoms with Gasteiger partial charge in [-0.15, -0.1) is 11.8 Å². The van der Waals surface area contributed by atoms with Gasteiger partial charge in [0.05, 0.1) is 5.88 Å². The molecule has 4 nitrogen and oxygen atoms in total. The summed E-state index contributed by atoms with van der Waals surface area (Å²) in [6, 6.07) is 5.22. The smallest absolute Gasteiger partial charge is 0.248 e. The largest absolute Gasteiger partial charge is 0.324 e. The molecule has 96 valence electrons. The van der Waals surface area contributed by atoms with Crippen LogP contribution in [0.2, 0.25) is 0 Å². The second-order valence-corrected chi connectivity index (χ2v) is 5.00. The number of halogens is 1. The first-order chi connectivity index (χ1) is 8.58. The van der Waals surface area contributed by atoms with E-state index in [0.717, 1.165) is 0 Å². The van der Waals surface area contributed by atoms with Crippen molar-refractivity contribution in [3.05, 3.63) is 30.1 Å². The molecular weight excluding hydrogens is 255 g/mol. The third-order valence-corrected chi connectivity index (χ3v) is 3.69. The van der Waals surface area contributed by atoms with E-state index in [1.807, 2.05) is 0 Å². The average Bonchev–Trinajstić information content (AvgIpc) is 2.77. The average molecular weight is 268 g/mol. The zero-order valence-corrected chi connectivity index (χ0v) is 10.7. The lowest BCUT2D eigenvalue weighted by atomic mass is 10.2. The molecule has 1 aromatic rings. The second-order valence-electron chi connectivity index (χ2n) is 4.00. The summed E-state index contributed by atoms with van der Waals surface area (Å²) in [7, 11) is 0. The lowest BCUT2D eigenvalue weighted by Crippen LogP contribution is -2.43. The van der Waals surface area contributed by atoms with Crippen molar-refractivity contribution in [1.29, 1.82) is 0 Å². The van der Waals surface area contributed by atoms with Crippen LogP contribution in [0, 0.1) is 5.82 Å². The maximum atomic E-state index is 13.0. The first kappa shape index (κ1) is 12.9. The standard InChI is InChI=1S/C12H13FN2O2S/c1-8(16)15-7-18-6-11(15)12(17)14-10-4-2-3-9(13)5-10/h2-5,11H,6-7H2,1H3,(H,14,17). The minimum absolute atomic E-state index is 0.126. The molecule has 1 atom stereocenters. The first-order valence-electron chi connectivity index (χ1n) is 5.49. The molecule has 1 saturated heterocycles. The number of carbonyl (C=O) groups is 2. The van der Waals surface area contributed by atoms with Gasteiger partial charge < -0.3 is 10.2 Å². The molecule has 0 aliphatic carbocycles. The topological polar surface area (TPSA) is 49.4 Å². The molecule has 1 heterocycles. The monoisotopic (exact) mass is 268 g/mol. The minimum Gasteiger partial charge on any atom is -0.324 e. The Kier molecular flexibility index (Phi) is 3.86. The van der Waals surface area contributed by atoms with E-state index in [0.29, 0.717) is 17.3 Å². The number of nitrogens with one attached hydrogen (secondary N) is 1. The van der Waals surface area contributed by atoms with Crippen LogP contribution < -0.4 is 5.32 Å². The number of thioether (sulfide) groups is 1. The van der Waals surface area contributed by atoms with Gasteiger partial charge in [-0.3, -0.25) is 9.59 Å². The zero-order chi connectivity index (χ0) is 13.1. The third kappa shape index (κ3) is 2.81. The van der Waals surface area contributed by atoms with Gasteiger partial charge in [-0.25, -0.2) is 4.39 Å². The summed E-state index contributed by atoms with van der Waals surface area (Å²) in [4.78, 5) is 24.9. The molecule has 1 aliphatic heterocycles. The van der Waals surface area contributed by atoms with E-state index in [2.05, 4.69) is 5.32 Å². The minimum atomic E-state index is -0.476. The van der Waals surface area contributed by atoms with Crippen LogP contribution in [-0.2, 0) is 9.59 Å². The highest BCUT2D eigenvalue weighted by atomic mass is 32.2. The Bertz CT molecular complexity index is 481. The molecule has 1 aromatic carbocycles. The van der Waals surface area contributed by atoms with E-state index in [4.69, 9.17) is 0 Å². The summed E-state index contributed by atoms with van der Waals surface area (Å²) in [5.74, 6) is 0.286. The summed E-state index contributed by atoms with van der Waals surface area (Å²) >= 11 is 1.53. The highest BCUT2D eigenvalue weighted by Crippen LogP contribution is 2.22. The van der Waals surface area contributed by atoms with E-state index in [1.165, 1.54) is 41.8 Å². The molecule has 2 amide bonds. The Labute approximate surface area is 109 Å². The van der Waals surface area contributed by atoms with Crippen molar-refractivity contribution in [2.75, 3.05) is 16.9 Å². The van der Waals surface area contributed by atoms with Crippen LogP contribution >= 0.6 is 11.8 Å². The fourth-order valence-electron chi connectivity index (χ4n) is 1.76. The van der Waals surface area contributed by atoms with Gasteiger partial charge in [0.2, 0.25) is 11.8 Å². The van der Waals surface area contributed by atoms with Crippen LogP contribution in [0.15, 0.2) is 24.3 Å². The van der Waals surface area contributed by atoms with Gasteiger partial charge >= 0.3 is 0 Å². The van der Waals surface area contributed by atoms with Crippen molar-refractivity contribution in [3.63, 3.8) is 0 Å². The van der Waals surface area contributed by atoms with Gasteiger partial charge in [0.1, 0.15) is 11.9 Å². The van der Waals surface area contributed by atoms with E-state index >= 15 is 0 Å². The molecule has 1 aliphatic rings. The molecule has 0 radical (unpaired) electrons. The van der Waals surface area contributed by atoms with Crippen molar-refractivity contribution in [2.24, 2.45) is 0 Å². The Hall–Kier alpha value is -1.56. The quantitative estimate of drug-likeness (QED) is 0.888.